The van der Waals surface area contributed by atoms with Gasteiger partial charge in [0.05, 0.1) is 18.8 Å². The third-order valence-corrected chi connectivity index (χ3v) is 7.57. The number of hydrogen-bond donors (Lipinski definition) is 1. The number of hydrogen-bond acceptors (Lipinski definition) is 3. The predicted molar refractivity (Wildman–Crippen MR) is 128 cm³/mol. The summed E-state index contributed by atoms with van der Waals surface area (Å²) >= 11 is 0. The molecule has 1 unspecified atom stereocenters. The Labute approximate surface area is 203 Å². The molecule has 3 aliphatic heterocycles. The summed E-state index contributed by atoms with van der Waals surface area (Å²) < 4.78 is 34.2. The number of fused-ring (bicyclic) bond motifs is 3. The van der Waals surface area contributed by atoms with Crippen molar-refractivity contribution in [1.82, 2.24) is 14.8 Å². The van der Waals surface area contributed by atoms with Crippen molar-refractivity contribution in [3.05, 3.63) is 70.9 Å². The first-order chi connectivity index (χ1) is 16.1. The number of nitrogens with one attached hydrogen (secondary N) is 1. The molecule has 6 rings (SSSR count). The van der Waals surface area contributed by atoms with Crippen LogP contribution in [0.5, 0.6) is 0 Å². The number of piperidine rings is 1. The minimum atomic E-state index is -0.457. The van der Waals surface area contributed by atoms with Gasteiger partial charge in [0.1, 0.15) is 17.3 Å². The molecule has 3 fully saturated rings. The fourth-order valence-electron chi connectivity index (χ4n) is 5.84. The van der Waals surface area contributed by atoms with Crippen LogP contribution in [0.2, 0.25) is 0 Å². The predicted octanol–water partition coefficient (Wildman–Crippen LogP) is 4.86. The van der Waals surface area contributed by atoms with Crippen molar-refractivity contribution in [2.75, 3.05) is 26.2 Å². The van der Waals surface area contributed by atoms with Crippen LogP contribution in [0.3, 0.4) is 0 Å². The molecule has 0 saturated carbocycles. The van der Waals surface area contributed by atoms with Crippen LogP contribution >= 0.6 is 12.4 Å². The molecule has 4 heterocycles. The summed E-state index contributed by atoms with van der Waals surface area (Å²) in [7, 11) is 0. The molecule has 2 atom stereocenters. The van der Waals surface area contributed by atoms with Gasteiger partial charge in [-0.05, 0) is 56.5 Å². The molecule has 3 aromatic rings. The van der Waals surface area contributed by atoms with Crippen LogP contribution in [-0.4, -0.2) is 59.1 Å². The highest BCUT2D eigenvalue weighted by atomic mass is 35.5. The summed E-state index contributed by atoms with van der Waals surface area (Å²) in [5.74, 6) is -0.990. The highest BCUT2D eigenvalue weighted by Crippen LogP contribution is 2.35. The lowest BCUT2D eigenvalue weighted by atomic mass is 9.88. The van der Waals surface area contributed by atoms with Gasteiger partial charge in [0.15, 0.2) is 0 Å². The van der Waals surface area contributed by atoms with E-state index >= 15 is 0 Å². The Bertz CT molecular complexity index is 1190. The van der Waals surface area contributed by atoms with Gasteiger partial charge < -0.3 is 14.6 Å². The maximum absolute atomic E-state index is 14.3. The van der Waals surface area contributed by atoms with Crippen molar-refractivity contribution >= 4 is 29.2 Å². The number of aromatic amines is 1. The summed E-state index contributed by atoms with van der Waals surface area (Å²) in [4.78, 5) is 21.1. The van der Waals surface area contributed by atoms with E-state index in [1.54, 1.807) is 0 Å². The highest BCUT2D eigenvalue weighted by molar-refractivity contribution is 6.01. The number of para-hydroxylation sites is 1. The van der Waals surface area contributed by atoms with E-state index in [-0.39, 0.29) is 41.9 Å². The smallest absolute Gasteiger partial charge is 0.271 e. The van der Waals surface area contributed by atoms with Crippen molar-refractivity contribution < 1.29 is 18.3 Å². The zero-order chi connectivity index (χ0) is 22.5. The second-order valence-electron chi connectivity index (χ2n) is 9.51. The molecule has 0 spiro atoms. The third-order valence-electron chi connectivity index (χ3n) is 7.57. The van der Waals surface area contributed by atoms with Gasteiger partial charge in [0, 0.05) is 35.1 Å². The van der Waals surface area contributed by atoms with Gasteiger partial charge >= 0.3 is 0 Å². The number of amides is 1. The lowest BCUT2D eigenvalue weighted by Gasteiger charge is -2.33. The van der Waals surface area contributed by atoms with E-state index in [1.165, 1.54) is 18.2 Å². The number of aromatic nitrogens is 1. The first-order valence-electron chi connectivity index (χ1n) is 11.8. The fraction of sp³-hybridized carbons (Fsp3) is 0.423. The average molecular weight is 488 g/mol. The molecule has 0 aliphatic carbocycles. The molecule has 2 aromatic carbocycles. The van der Waals surface area contributed by atoms with Crippen molar-refractivity contribution in [2.24, 2.45) is 0 Å². The Kier molecular flexibility index (Phi) is 6.35. The molecule has 3 saturated heterocycles. The molecule has 180 valence electrons. The van der Waals surface area contributed by atoms with E-state index in [2.05, 4.69) is 16.0 Å². The number of carbonyl (C=O) groups is 1. The Morgan fingerprint density at radius 2 is 1.79 bits per heavy atom. The number of rotatable bonds is 4. The Hall–Kier alpha value is -2.48. The number of morpholine rings is 1. The van der Waals surface area contributed by atoms with Gasteiger partial charge in [-0.2, -0.15) is 0 Å². The van der Waals surface area contributed by atoms with E-state index in [4.69, 9.17) is 4.74 Å². The first-order valence-corrected chi connectivity index (χ1v) is 11.8. The standard InChI is InChI=1S/C26H27F2N3O2.ClH/c27-21-5-3-6-22(28)24(21)16-8-10-30(11-9-16)14-20-19-4-1-2-7-23(19)29-25(20)26(32)31-13-18-12-17(31)15-33-18;/h1-7,16-18,29H,8-15H2;1H/t17-,18?;/m0./s1. The molecule has 3 aliphatic rings. The van der Waals surface area contributed by atoms with Crippen molar-refractivity contribution in [3.8, 4) is 0 Å². The molecular weight excluding hydrogens is 460 g/mol. The van der Waals surface area contributed by atoms with Crippen molar-refractivity contribution in [3.63, 3.8) is 0 Å². The van der Waals surface area contributed by atoms with Gasteiger partial charge in [-0.1, -0.05) is 24.3 Å². The molecule has 2 bridgehead atoms. The summed E-state index contributed by atoms with van der Waals surface area (Å²) in [5, 5.41) is 1.06. The fourth-order valence-corrected chi connectivity index (χ4v) is 5.84. The largest absolute Gasteiger partial charge is 0.374 e. The minimum Gasteiger partial charge on any atom is -0.374 e. The lowest BCUT2D eigenvalue weighted by molar-refractivity contribution is 0.0255. The number of halogens is 3. The van der Waals surface area contributed by atoms with Crippen LogP contribution in [0, 0.1) is 11.6 Å². The number of nitrogens with zero attached hydrogens (tertiary/aromatic N) is 2. The third kappa shape index (κ3) is 4.00. The Morgan fingerprint density at radius 3 is 2.47 bits per heavy atom. The molecule has 34 heavy (non-hydrogen) atoms. The minimum absolute atomic E-state index is 0. The van der Waals surface area contributed by atoms with Gasteiger partial charge in [0.2, 0.25) is 0 Å². The molecule has 1 N–H and O–H groups in total. The van der Waals surface area contributed by atoms with E-state index < -0.39 is 11.6 Å². The second-order valence-corrected chi connectivity index (χ2v) is 9.51. The van der Waals surface area contributed by atoms with Crippen LogP contribution < -0.4 is 0 Å². The molecule has 5 nitrogen and oxygen atoms in total. The maximum Gasteiger partial charge on any atom is 0.271 e. The van der Waals surface area contributed by atoms with Crippen molar-refractivity contribution in [1.29, 1.82) is 0 Å². The van der Waals surface area contributed by atoms with Crippen LogP contribution in [0.1, 0.15) is 46.8 Å². The molecule has 0 radical (unpaired) electrons. The molecule has 1 amide bonds. The van der Waals surface area contributed by atoms with E-state index in [9.17, 15) is 13.6 Å². The summed E-state index contributed by atoms with van der Waals surface area (Å²) in [5.41, 5.74) is 2.84. The number of carbonyl (C=O) groups excluding carboxylic acids is 1. The summed E-state index contributed by atoms with van der Waals surface area (Å²) in [6.07, 6.45) is 2.46. The van der Waals surface area contributed by atoms with Gasteiger partial charge in [-0.15, -0.1) is 12.4 Å². The number of benzene rings is 2. The van der Waals surface area contributed by atoms with Gasteiger partial charge in [-0.3, -0.25) is 9.69 Å². The Balaban J connectivity index is 0.00000241. The van der Waals surface area contributed by atoms with Crippen molar-refractivity contribution in [2.45, 2.75) is 43.9 Å². The zero-order valence-electron chi connectivity index (χ0n) is 18.8. The zero-order valence-corrected chi connectivity index (χ0v) is 19.6. The van der Waals surface area contributed by atoms with E-state index in [0.29, 0.717) is 38.2 Å². The number of likely N-dealkylation sites (tertiary alicyclic amines) is 2. The molecule has 1 aromatic heterocycles. The lowest BCUT2D eigenvalue weighted by Crippen LogP contribution is -2.42. The van der Waals surface area contributed by atoms with Crippen LogP contribution in [0.4, 0.5) is 8.78 Å². The SMILES string of the molecule is Cl.O=C(c1[nH]c2ccccc2c1CN1CCC(c2c(F)cccc2F)CC1)N1CC2C[C@H]1CO2. The van der Waals surface area contributed by atoms with E-state index in [1.807, 2.05) is 23.1 Å². The quantitative estimate of drug-likeness (QED) is 0.571. The highest BCUT2D eigenvalue weighted by Gasteiger charge is 2.42. The maximum atomic E-state index is 14.3. The normalized spacial score (nSPS) is 22.9. The van der Waals surface area contributed by atoms with Crippen LogP contribution in [0.25, 0.3) is 10.9 Å². The summed E-state index contributed by atoms with van der Waals surface area (Å²) in [6.45, 7) is 3.36. The molecule has 8 heteroatoms. The number of ether oxygens (including phenoxy) is 1. The average Bonchev–Trinajstić information content (AvgIpc) is 3.55. The topological polar surface area (TPSA) is 48.6 Å². The molecular formula is C26H28ClF2N3O2. The first kappa shape index (κ1) is 23.3. The van der Waals surface area contributed by atoms with E-state index in [0.717, 1.165) is 36.0 Å². The number of H-pyrrole nitrogens is 1. The monoisotopic (exact) mass is 487 g/mol. The summed E-state index contributed by atoms with van der Waals surface area (Å²) in [6, 6.07) is 12.3. The Morgan fingerprint density at radius 1 is 1.06 bits per heavy atom. The van der Waals surface area contributed by atoms with Crippen LogP contribution in [-0.2, 0) is 11.3 Å². The van der Waals surface area contributed by atoms with Crippen LogP contribution in [0.15, 0.2) is 42.5 Å². The second kappa shape index (κ2) is 9.29. The van der Waals surface area contributed by atoms with Gasteiger partial charge in [0.25, 0.3) is 5.91 Å². The van der Waals surface area contributed by atoms with Gasteiger partial charge in [-0.25, -0.2) is 8.78 Å².